The van der Waals surface area contributed by atoms with Crippen LogP contribution in [0.25, 0.3) is 0 Å². The summed E-state index contributed by atoms with van der Waals surface area (Å²) in [5.41, 5.74) is -1.14. The summed E-state index contributed by atoms with van der Waals surface area (Å²) in [6, 6.07) is 5.89. The Morgan fingerprint density at radius 1 is 1.52 bits per heavy atom. The number of carbonyl (C=O) groups is 1. The van der Waals surface area contributed by atoms with Gasteiger partial charge in [-0.25, -0.2) is 4.79 Å². The van der Waals surface area contributed by atoms with E-state index in [9.17, 15) is 14.9 Å². The van der Waals surface area contributed by atoms with Gasteiger partial charge in [0.15, 0.2) is 0 Å². The Kier molecular flexibility index (Phi) is 5.24. The minimum Gasteiger partial charge on any atom is -0.486 e. The molecule has 1 aromatic rings. The number of benzene rings is 1. The molecule has 0 aliphatic heterocycles. The van der Waals surface area contributed by atoms with E-state index in [1.165, 1.54) is 18.2 Å². The standard InChI is InChI=1S/C14H16N2O5/c1-14(2,9-15)7-4-8-21-12-10(13(17)18)5-3-6-11(12)16(19)20/h3,5-6H,4,7-8H2,1-2H3,(H,17,18). The van der Waals surface area contributed by atoms with E-state index in [1.807, 2.05) is 0 Å². The number of nitro benzene ring substituents is 1. The zero-order valence-corrected chi connectivity index (χ0v) is 11.8. The quantitative estimate of drug-likeness (QED) is 0.469. The summed E-state index contributed by atoms with van der Waals surface area (Å²) in [6.07, 6.45) is 1.04. The number of nitrogens with zero attached hydrogens (tertiary/aromatic N) is 2. The van der Waals surface area contributed by atoms with Crippen molar-refractivity contribution in [2.24, 2.45) is 5.41 Å². The molecule has 21 heavy (non-hydrogen) atoms. The van der Waals surface area contributed by atoms with E-state index >= 15 is 0 Å². The van der Waals surface area contributed by atoms with Crippen LogP contribution in [0.1, 0.15) is 37.0 Å². The third-order valence-electron chi connectivity index (χ3n) is 2.92. The lowest BCUT2D eigenvalue weighted by Crippen LogP contribution is -2.11. The molecular weight excluding hydrogens is 276 g/mol. The van der Waals surface area contributed by atoms with Gasteiger partial charge in [-0.1, -0.05) is 6.07 Å². The van der Waals surface area contributed by atoms with Gasteiger partial charge in [-0.2, -0.15) is 5.26 Å². The Balaban J connectivity index is 2.85. The summed E-state index contributed by atoms with van der Waals surface area (Å²) in [5, 5.41) is 28.9. The molecule has 0 aromatic heterocycles. The fraction of sp³-hybridized carbons (Fsp3) is 0.429. The first-order valence-corrected chi connectivity index (χ1v) is 6.33. The average molecular weight is 292 g/mol. The molecule has 1 aromatic carbocycles. The van der Waals surface area contributed by atoms with Gasteiger partial charge < -0.3 is 9.84 Å². The van der Waals surface area contributed by atoms with Crippen LogP contribution >= 0.6 is 0 Å². The lowest BCUT2D eigenvalue weighted by Gasteiger charge is -2.15. The molecule has 0 aliphatic rings. The highest BCUT2D eigenvalue weighted by Crippen LogP contribution is 2.31. The number of ether oxygens (including phenoxy) is 1. The lowest BCUT2D eigenvalue weighted by atomic mass is 9.90. The summed E-state index contributed by atoms with van der Waals surface area (Å²) < 4.78 is 5.30. The maximum absolute atomic E-state index is 11.1. The van der Waals surface area contributed by atoms with Crippen molar-refractivity contribution in [2.45, 2.75) is 26.7 Å². The highest BCUT2D eigenvalue weighted by molar-refractivity contribution is 5.92. The van der Waals surface area contributed by atoms with Gasteiger partial charge in [-0.05, 0) is 32.8 Å². The molecule has 0 heterocycles. The number of rotatable bonds is 7. The molecule has 0 unspecified atom stereocenters. The summed E-state index contributed by atoms with van der Waals surface area (Å²) in [4.78, 5) is 21.3. The van der Waals surface area contributed by atoms with Gasteiger partial charge in [0.1, 0.15) is 5.56 Å². The molecule has 0 spiro atoms. The van der Waals surface area contributed by atoms with Crippen molar-refractivity contribution in [3.8, 4) is 11.8 Å². The first-order valence-electron chi connectivity index (χ1n) is 6.33. The molecule has 0 radical (unpaired) electrons. The summed E-state index contributed by atoms with van der Waals surface area (Å²) in [5.74, 6) is -1.53. The van der Waals surface area contributed by atoms with E-state index in [0.29, 0.717) is 12.8 Å². The maximum Gasteiger partial charge on any atom is 0.339 e. The zero-order valence-electron chi connectivity index (χ0n) is 11.8. The van der Waals surface area contributed by atoms with Gasteiger partial charge in [0, 0.05) is 6.07 Å². The molecule has 0 amide bonds. The van der Waals surface area contributed by atoms with Crippen molar-refractivity contribution in [3.63, 3.8) is 0 Å². The highest BCUT2D eigenvalue weighted by Gasteiger charge is 2.23. The fourth-order valence-corrected chi connectivity index (χ4v) is 1.73. The topological polar surface area (TPSA) is 113 Å². The number of para-hydroxylation sites is 1. The molecule has 0 aliphatic carbocycles. The van der Waals surface area contributed by atoms with E-state index in [-0.39, 0.29) is 23.6 Å². The van der Waals surface area contributed by atoms with Crippen LogP contribution < -0.4 is 4.74 Å². The van der Waals surface area contributed by atoms with Crippen LogP contribution in [0.2, 0.25) is 0 Å². The van der Waals surface area contributed by atoms with Gasteiger partial charge in [-0.15, -0.1) is 0 Å². The van der Waals surface area contributed by atoms with E-state index in [1.54, 1.807) is 13.8 Å². The Labute approximate surface area is 121 Å². The predicted molar refractivity (Wildman–Crippen MR) is 74.2 cm³/mol. The minimum atomic E-state index is -1.29. The van der Waals surface area contributed by atoms with Crippen molar-refractivity contribution in [1.82, 2.24) is 0 Å². The number of carboxylic acids is 1. The van der Waals surface area contributed by atoms with Crippen molar-refractivity contribution in [2.75, 3.05) is 6.61 Å². The molecule has 7 heteroatoms. The number of nitro groups is 1. The third-order valence-corrected chi connectivity index (χ3v) is 2.92. The Morgan fingerprint density at radius 3 is 2.71 bits per heavy atom. The molecule has 7 nitrogen and oxygen atoms in total. The normalized spacial score (nSPS) is 10.7. The first-order chi connectivity index (χ1) is 9.78. The van der Waals surface area contributed by atoms with Gasteiger partial charge >= 0.3 is 11.7 Å². The Morgan fingerprint density at radius 2 is 2.19 bits per heavy atom. The summed E-state index contributed by atoms with van der Waals surface area (Å²) in [7, 11) is 0. The molecule has 0 saturated heterocycles. The number of carboxylic acid groups (broad SMARTS) is 1. The van der Waals surface area contributed by atoms with Gasteiger partial charge in [0.2, 0.25) is 5.75 Å². The molecule has 112 valence electrons. The predicted octanol–water partition coefficient (Wildman–Crippen LogP) is 3.00. The van der Waals surface area contributed by atoms with Crippen LogP contribution in [0.5, 0.6) is 5.75 Å². The molecule has 1 rings (SSSR count). The largest absolute Gasteiger partial charge is 0.486 e. The molecule has 0 saturated carbocycles. The van der Waals surface area contributed by atoms with Gasteiger partial charge in [-0.3, -0.25) is 10.1 Å². The second-order valence-corrected chi connectivity index (χ2v) is 5.16. The van der Waals surface area contributed by atoms with E-state index in [0.717, 1.165) is 0 Å². The van der Waals surface area contributed by atoms with Gasteiger partial charge in [0.25, 0.3) is 0 Å². The number of aromatic carboxylic acids is 1. The average Bonchev–Trinajstić information content (AvgIpc) is 2.43. The Hall–Kier alpha value is -2.62. The fourth-order valence-electron chi connectivity index (χ4n) is 1.73. The first kappa shape index (κ1) is 16.4. The van der Waals surface area contributed by atoms with Crippen LogP contribution in [0.15, 0.2) is 18.2 Å². The van der Waals surface area contributed by atoms with Crippen LogP contribution in [-0.4, -0.2) is 22.6 Å². The molecule has 0 fully saturated rings. The summed E-state index contributed by atoms with van der Waals surface area (Å²) >= 11 is 0. The third kappa shape index (κ3) is 4.45. The van der Waals surface area contributed by atoms with Crippen molar-refractivity contribution in [3.05, 3.63) is 33.9 Å². The molecule has 0 atom stereocenters. The van der Waals surface area contributed by atoms with E-state index in [2.05, 4.69) is 6.07 Å². The molecule has 0 bridgehead atoms. The van der Waals surface area contributed by atoms with E-state index < -0.39 is 16.3 Å². The van der Waals surface area contributed by atoms with Crippen LogP contribution in [0.3, 0.4) is 0 Å². The van der Waals surface area contributed by atoms with Crippen molar-refractivity contribution < 1.29 is 19.6 Å². The van der Waals surface area contributed by atoms with Crippen molar-refractivity contribution >= 4 is 11.7 Å². The van der Waals surface area contributed by atoms with Gasteiger partial charge in [0.05, 0.1) is 23.0 Å². The number of hydrogen-bond donors (Lipinski definition) is 1. The molecule has 1 N–H and O–H groups in total. The monoisotopic (exact) mass is 292 g/mol. The smallest absolute Gasteiger partial charge is 0.339 e. The lowest BCUT2D eigenvalue weighted by molar-refractivity contribution is -0.385. The minimum absolute atomic E-state index is 0.107. The number of hydrogen-bond acceptors (Lipinski definition) is 5. The number of nitriles is 1. The second-order valence-electron chi connectivity index (χ2n) is 5.16. The summed E-state index contributed by atoms with van der Waals surface area (Å²) in [6.45, 7) is 3.66. The Bertz CT molecular complexity index is 557. The molecular formula is C14H16N2O5. The zero-order chi connectivity index (χ0) is 16.0. The van der Waals surface area contributed by atoms with Crippen LogP contribution in [-0.2, 0) is 0 Å². The van der Waals surface area contributed by atoms with Crippen LogP contribution in [0, 0.1) is 26.9 Å². The SMILES string of the molecule is CC(C)(C#N)CCCOc1c(C(=O)O)cccc1[N+](=O)[O-]. The second kappa shape index (κ2) is 6.70. The van der Waals surface area contributed by atoms with Crippen LogP contribution in [0.4, 0.5) is 5.69 Å². The highest BCUT2D eigenvalue weighted by atomic mass is 16.6. The van der Waals surface area contributed by atoms with E-state index in [4.69, 9.17) is 15.1 Å². The maximum atomic E-state index is 11.1. The van der Waals surface area contributed by atoms with Crippen molar-refractivity contribution in [1.29, 1.82) is 5.26 Å².